The molecule has 2 aromatic rings. The largest absolute Gasteiger partial charge is 0.382 e. The van der Waals surface area contributed by atoms with Crippen molar-refractivity contribution < 1.29 is 4.39 Å². The molecule has 0 amide bonds. The van der Waals surface area contributed by atoms with E-state index in [1.54, 1.807) is 6.07 Å². The number of benzene rings is 1. The first kappa shape index (κ1) is 13.1. The fourth-order valence-corrected chi connectivity index (χ4v) is 2.51. The molecule has 2 heterocycles. The number of anilines is 1. The molecule has 6 heteroatoms. The van der Waals surface area contributed by atoms with Crippen molar-refractivity contribution in [1.29, 1.82) is 0 Å². The average molecular weight is 275 g/mol. The van der Waals surface area contributed by atoms with E-state index in [9.17, 15) is 4.39 Å². The molecule has 0 spiro atoms. The summed E-state index contributed by atoms with van der Waals surface area (Å²) >= 11 is 0. The second kappa shape index (κ2) is 6.00. The topological polar surface area (TPSA) is 54.8 Å². The van der Waals surface area contributed by atoms with Crippen molar-refractivity contribution in [3.05, 3.63) is 36.7 Å². The molecule has 0 saturated carbocycles. The Balaban J connectivity index is 1.73. The van der Waals surface area contributed by atoms with Crippen LogP contribution in [0.5, 0.6) is 0 Å². The highest BCUT2D eigenvalue weighted by atomic mass is 19.1. The molecule has 1 aliphatic heterocycles. The van der Waals surface area contributed by atoms with Crippen LogP contribution >= 0.6 is 0 Å². The summed E-state index contributed by atoms with van der Waals surface area (Å²) in [7, 11) is 0. The number of nitrogens with one attached hydrogen (secondary N) is 2. The number of hydrogen-bond acceptors (Lipinski definition) is 4. The van der Waals surface area contributed by atoms with E-state index >= 15 is 0 Å². The Morgan fingerprint density at radius 2 is 2.25 bits per heavy atom. The monoisotopic (exact) mass is 275 g/mol. The number of aromatic nitrogens is 3. The van der Waals surface area contributed by atoms with Gasteiger partial charge in [-0.3, -0.25) is 0 Å². The fourth-order valence-electron chi connectivity index (χ4n) is 2.51. The molecule has 1 atom stereocenters. The molecule has 5 nitrogen and oxygen atoms in total. The summed E-state index contributed by atoms with van der Waals surface area (Å²) in [6.07, 6.45) is 6.20. The van der Waals surface area contributed by atoms with Crippen molar-refractivity contribution in [2.45, 2.75) is 25.3 Å². The first-order valence-corrected chi connectivity index (χ1v) is 6.95. The Morgan fingerprint density at radius 3 is 3.05 bits per heavy atom. The third-order valence-corrected chi connectivity index (χ3v) is 3.56. The summed E-state index contributed by atoms with van der Waals surface area (Å²) in [6, 6.07) is 5.54. The van der Waals surface area contributed by atoms with Crippen LogP contribution in [0.1, 0.15) is 19.3 Å². The number of halogens is 1. The van der Waals surface area contributed by atoms with Crippen molar-refractivity contribution in [3.8, 4) is 5.69 Å². The third-order valence-electron chi connectivity index (χ3n) is 3.56. The maximum absolute atomic E-state index is 14.1. The van der Waals surface area contributed by atoms with Crippen LogP contribution in [-0.2, 0) is 0 Å². The molecular formula is C14H18FN5. The minimum absolute atomic E-state index is 0.299. The smallest absolute Gasteiger partial charge is 0.150 e. The Bertz CT molecular complexity index is 547. The number of nitrogens with zero attached hydrogens (tertiary/aromatic N) is 3. The highest BCUT2D eigenvalue weighted by Crippen LogP contribution is 2.20. The fraction of sp³-hybridized carbons (Fsp3) is 0.429. The summed E-state index contributed by atoms with van der Waals surface area (Å²) in [5.41, 5.74) is 1.23. The van der Waals surface area contributed by atoms with Gasteiger partial charge in [0.05, 0.1) is 0 Å². The molecule has 0 bridgehead atoms. The standard InChI is InChI=1S/C14H18FN5/c15-13-8-12(19-11-2-1-6-16-7-5-11)3-4-14(13)20-10-17-9-18-20/h3-4,8-11,16,19H,1-2,5-7H2. The van der Waals surface area contributed by atoms with Crippen molar-refractivity contribution in [3.63, 3.8) is 0 Å². The van der Waals surface area contributed by atoms with Gasteiger partial charge < -0.3 is 10.6 Å². The first-order valence-electron chi connectivity index (χ1n) is 6.95. The zero-order chi connectivity index (χ0) is 13.8. The van der Waals surface area contributed by atoms with Crippen LogP contribution < -0.4 is 10.6 Å². The van der Waals surface area contributed by atoms with Gasteiger partial charge in [0.25, 0.3) is 0 Å². The molecule has 1 aromatic heterocycles. The molecule has 1 unspecified atom stereocenters. The van der Waals surface area contributed by atoms with E-state index in [2.05, 4.69) is 20.7 Å². The van der Waals surface area contributed by atoms with Crippen molar-refractivity contribution >= 4 is 5.69 Å². The van der Waals surface area contributed by atoms with Gasteiger partial charge in [0.15, 0.2) is 5.82 Å². The Labute approximate surface area is 117 Å². The first-order chi connectivity index (χ1) is 9.83. The summed E-state index contributed by atoms with van der Waals surface area (Å²) in [6.45, 7) is 2.08. The Morgan fingerprint density at radius 1 is 1.30 bits per heavy atom. The van der Waals surface area contributed by atoms with Gasteiger partial charge in [-0.25, -0.2) is 14.1 Å². The average Bonchev–Trinajstić information content (AvgIpc) is 2.85. The van der Waals surface area contributed by atoms with Crippen molar-refractivity contribution in [2.75, 3.05) is 18.4 Å². The Kier molecular flexibility index (Phi) is 3.92. The van der Waals surface area contributed by atoms with Gasteiger partial charge in [-0.15, -0.1) is 0 Å². The van der Waals surface area contributed by atoms with Gasteiger partial charge >= 0.3 is 0 Å². The zero-order valence-electron chi connectivity index (χ0n) is 11.2. The van der Waals surface area contributed by atoms with Crippen molar-refractivity contribution in [2.24, 2.45) is 0 Å². The van der Waals surface area contributed by atoms with E-state index in [4.69, 9.17) is 0 Å². The van der Waals surface area contributed by atoms with Crippen LogP contribution in [0.4, 0.5) is 10.1 Å². The maximum Gasteiger partial charge on any atom is 0.150 e. The molecule has 1 fully saturated rings. The van der Waals surface area contributed by atoms with E-state index in [-0.39, 0.29) is 5.82 Å². The van der Waals surface area contributed by atoms with Gasteiger partial charge in [0.1, 0.15) is 18.3 Å². The summed E-state index contributed by atoms with van der Waals surface area (Å²) in [5, 5.41) is 10.7. The van der Waals surface area contributed by atoms with Crippen molar-refractivity contribution in [1.82, 2.24) is 20.1 Å². The molecule has 1 saturated heterocycles. The van der Waals surface area contributed by atoms with E-state index in [0.717, 1.165) is 38.0 Å². The van der Waals surface area contributed by atoms with E-state index < -0.39 is 0 Å². The van der Waals surface area contributed by atoms with Crippen LogP contribution in [0.2, 0.25) is 0 Å². The molecule has 3 rings (SSSR count). The van der Waals surface area contributed by atoms with Gasteiger partial charge in [-0.2, -0.15) is 5.10 Å². The molecule has 106 valence electrons. The maximum atomic E-state index is 14.1. The lowest BCUT2D eigenvalue weighted by molar-refractivity contribution is 0.607. The minimum atomic E-state index is -0.299. The lowest BCUT2D eigenvalue weighted by Crippen LogP contribution is -2.21. The minimum Gasteiger partial charge on any atom is -0.382 e. The molecule has 1 aromatic carbocycles. The second-order valence-electron chi connectivity index (χ2n) is 5.03. The molecule has 0 aliphatic carbocycles. The molecular weight excluding hydrogens is 257 g/mol. The van der Waals surface area contributed by atoms with Crippen LogP contribution in [0, 0.1) is 5.82 Å². The van der Waals surface area contributed by atoms with Crippen LogP contribution in [0.3, 0.4) is 0 Å². The molecule has 20 heavy (non-hydrogen) atoms. The lowest BCUT2D eigenvalue weighted by Gasteiger charge is -2.17. The molecule has 2 N–H and O–H groups in total. The number of rotatable bonds is 3. The van der Waals surface area contributed by atoms with Crippen LogP contribution in [0.15, 0.2) is 30.9 Å². The van der Waals surface area contributed by atoms with Gasteiger partial charge in [-0.1, -0.05) is 0 Å². The normalized spacial score (nSPS) is 19.6. The predicted molar refractivity (Wildman–Crippen MR) is 75.4 cm³/mol. The zero-order valence-corrected chi connectivity index (χ0v) is 11.2. The van der Waals surface area contributed by atoms with E-state index in [0.29, 0.717) is 11.7 Å². The molecule has 1 aliphatic rings. The quantitative estimate of drug-likeness (QED) is 0.899. The van der Waals surface area contributed by atoms with E-state index in [1.165, 1.54) is 23.4 Å². The SMILES string of the molecule is Fc1cc(NC2CCCNCC2)ccc1-n1cncn1. The third kappa shape index (κ3) is 2.96. The van der Waals surface area contributed by atoms with Crippen LogP contribution in [0.25, 0.3) is 5.69 Å². The highest BCUT2D eigenvalue weighted by Gasteiger charge is 2.13. The summed E-state index contributed by atoms with van der Waals surface area (Å²) in [4.78, 5) is 3.83. The number of hydrogen-bond donors (Lipinski definition) is 2. The van der Waals surface area contributed by atoms with Gasteiger partial charge in [-0.05, 0) is 50.6 Å². The second-order valence-corrected chi connectivity index (χ2v) is 5.03. The molecule has 0 radical (unpaired) electrons. The van der Waals surface area contributed by atoms with Crippen LogP contribution in [-0.4, -0.2) is 33.9 Å². The van der Waals surface area contributed by atoms with Gasteiger partial charge in [0, 0.05) is 11.7 Å². The highest BCUT2D eigenvalue weighted by molar-refractivity contribution is 5.50. The lowest BCUT2D eigenvalue weighted by atomic mass is 10.1. The Hall–Kier alpha value is -1.95. The van der Waals surface area contributed by atoms with Gasteiger partial charge in [0.2, 0.25) is 0 Å². The predicted octanol–water partition coefficient (Wildman–Crippen LogP) is 1.96. The summed E-state index contributed by atoms with van der Waals surface area (Å²) < 4.78 is 15.5. The van der Waals surface area contributed by atoms with E-state index in [1.807, 2.05) is 6.07 Å². The summed E-state index contributed by atoms with van der Waals surface area (Å²) in [5.74, 6) is -0.299.